The number of Topliss-reactive ketones (excluding diaryl/α,β-unsaturated/α-hetero) is 1. The van der Waals surface area contributed by atoms with E-state index in [-0.39, 0.29) is 17.6 Å². The second-order valence-electron chi connectivity index (χ2n) is 7.30. The van der Waals surface area contributed by atoms with E-state index in [2.05, 4.69) is 4.90 Å². The number of amides is 2. The lowest BCUT2D eigenvalue weighted by atomic mass is 10.0. The number of hydrogen-bond donors (Lipinski definition) is 0. The number of carbonyl (C=O) groups is 3. The van der Waals surface area contributed by atoms with Crippen molar-refractivity contribution in [3.63, 3.8) is 0 Å². The maximum atomic E-state index is 12.8. The van der Waals surface area contributed by atoms with Gasteiger partial charge in [0.05, 0.1) is 16.8 Å². The van der Waals surface area contributed by atoms with Gasteiger partial charge in [0, 0.05) is 24.3 Å². The van der Waals surface area contributed by atoms with Crippen LogP contribution in [-0.2, 0) is 0 Å². The van der Waals surface area contributed by atoms with E-state index in [1.165, 1.54) is 18.2 Å². The van der Waals surface area contributed by atoms with Crippen molar-refractivity contribution in [2.75, 3.05) is 22.9 Å². The fourth-order valence-corrected chi connectivity index (χ4v) is 3.94. The van der Waals surface area contributed by atoms with Crippen LogP contribution in [0.3, 0.4) is 0 Å². The lowest BCUT2D eigenvalue weighted by molar-refractivity contribution is 0.0923. The van der Waals surface area contributed by atoms with Gasteiger partial charge in [-0.2, -0.15) is 0 Å². The molecule has 0 atom stereocenters. The predicted octanol–water partition coefficient (Wildman–Crippen LogP) is 3.99. The summed E-state index contributed by atoms with van der Waals surface area (Å²) < 4.78 is 0. The van der Waals surface area contributed by atoms with Gasteiger partial charge in [-0.15, -0.1) is 0 Å². The summed E-state index contributed by atoms with van der Waals surface area (Å²) in [5.41, 5.74) is 3.66. The largest absolute Gasteiger partial charge is 0.371 e. The average Bonchev–Trinajstić information content (AvgIpc) is 2.92. The Morgan fingerprint density at radius 3 is 2.30 bits per heavy atom. The monoisotopic (exact) mass is 362 g/mol. The summed E-state index contributed by atoms with van der Waals surface area (Å²) in [5, 5.41) is 0. The molecule has 0 aromatic heterocycles. The average molecular weight is 362 g/mol. The number of hydrogen-bond acceptors (Lipinski definition) is 4. The summed E-state index contributed by atoms with van der Waals surface area (Å²) in [6.07, 6.45) is 3.42. The normalized spacial score (nSPS) is 16.7. The molecule has 0 aliphatic carbocycles. The van der Waals surface area contributed by atoms with E-state index in [0.29, 0.717) is 22.4 Å². The highest BCUT2D eigenvalue weighted by Gasteiger charge is 2.37. The smallest absolute Gasteiger partial charge is 0.266 e. The Labute approximate surface area is 158 Å². The van der Waals surface area contributed by atoms with Crippen molar-refractivity contribution in [2.24, 2.45) is 0 Å². The Morgan fingerprint density at radius 1 is 0.889 bits per heavy atom. The van der Waals surface area contributed by atoms with Crippen LogP contribution in [0.5, 0.6) is 0 Å². The van der Waals surface area contributed by atoms with Crippen LogP contribution in [0.2, 0.25) is 0 Å². The number of imide groups is 1. The van der Waals surface area contributed by atoms with E-state index in [0.717, 1.165) is 37.2 Å². The van der Waals surface area contributed by atoms with Crippen molar-refractivity contribution in [1.82, 2.24) is 0 Å². The summed E-state index contributed by atoms with van der Waals surface area (Å²) in [4.78, 5) is 41.3. The minimum absolute atomic E-state index is 0.0649. The molecule has 0 radical (unpaired) electrons. The summed E-state index contributed by atoms with van der Waals surface area (Å²) in [6, 6.07) is 10.6. The van der Waals surface area contributed by atoms with Crippen molar-refractivity contribution in [3.8, 4) is 0 Å². The zero-order valence-corrected chi connectivity index (χ0v) is 15.6. The van der Waals surface area contributed by atoms with Gasteiger partial charge in [0.25, 0.3) is 11.8 Å². The minimum atomic E-state index is -0.338. The van der Waals surface area contributed by atoms with Gasteiger partial charge in [-0.25, -0.2) is 4.90 Å². The third-order valence-corrected chi connectivity index (χ3v) is 5.36. The number of benzene rings is 2. The third-order valence-electron chi connectivity index (χ3n) is 5.36. The molecule has 2 heterocycles. The van der Waals surface area contributed by atoms with Crippen molar-refractivity contribution in [2.45, 2.75) is 33.1 Å². The molecule has 2 amide bonds. The van der Waals surface area contributed by atoms with Gasteiger partial charge < -0.3 is 4.90 Å². The first-order valence-corrected chi connectivity index (χ1v) is 9.37. The molecule has 1 saturated heterocycles. The van der Waals surface area contributed by atoms with E-state index in [9.17, 15) is 14.4 Å². The van der Waals surface area contributed by atoms with E-state index in [1.807, 2.05) is 19.1 Å². The molecular weight excluding hydrogens is 340 g/mol. The van der Waals surface area contributed by atoms with Gasteiger partial charge in [0.15, 0.2) is 5.78 Å². The molecule has 0 saturated carbocycles. The van der Waals surface area contributed by atoms with Gasteiger partial charge in [0.1, 0.15) is 0 Å². The lowest BCUT2D eigenvalue weighted by Gasteiger charge is -2.30. The lowest BCUT2D eigenvalue weighted by Crippen LogP contribution is -2.32. The summed E-state index contributed by atoms with van der Waals surface area (Å²) in [5.74, 6) is -0.737. The zero-order chi connectivity index (χ0) is 19.1. The van der Waals surface area contributed by atoms with Gasteiger partial charge >= 0.3 is 0 Å². The molecule has 0 spiro atoms. The number of rotatable bonds is 3. The Balaban J connectivity index is 1.75. The Kier molecular flexibility index (Phi) is 4.30. The maximum Gasteiger partial charge on any atom is 0.266 e. The highest BCUT2D eigenvalue weighted by molar-refractivity contribution is 6.34. The van der Waals surface area contributed by atoms with Crippen LogP contribution in [0.25, 0.3) is 0 Å². The van der Waals surface area contributed by atoms with Crippen LogP contribution >= 0.6 is 0 Å². The Morgan fingerprint density at radius 2 is 1.59 bits per heavy atom. The number of anilines is 2. The second-order valence-corrected chi connectivity index (χ2v) is 7.30. The molecule has 138 valence electrons. The van der Waals surface area contributed by atoms with Gasteiger partial charge in [-0.05, 0) is 63.4 Å². The molecule has 2 aromatic carbocycles. The standard InChI is InChI=1S/C22H22N2O3/c1-14-6-8-17-19(12-14)22(27)24(21(17)26)16-7-9-20(18(13-16)15(2)25)23-10-4-3-5-11-23/h6-9,12-13H,3-5,10-11H2,1-2H3. The molecule has 0 bridgehead atoms. The fraction of sp³-hybridized carbons (Fsp3) is 0.318. The highest BCUT2D eigenvalue weighted by Crippen LogP contribution is 2.33. The summed E-state index contributed by atoms with van der Waals surface area (Å²) in [7, 11) is 0. The molecular formula is C22H22N2O3. The zero-order valence-electron chi connectivity index (χ0n) is 15.6. The number of piperidine rings is 1. The molecule has 27 heavy (non-hydrogen) atoms. The van der Waals surface area contributed by atoms with Crippen LogP contribution < -0.4 is 9.80 Å². The first-order chi connectivity index (χ1) is 13.0. The molecule has 5 nitrogen and oxygen atoms in total. The first kappa shape index (κ1) is 17.5. The van der Waals surface area contributed by atoms with Crippen LogP contribution in [0.15, 0.2) is 36.4 Å². The SMILES string of the molecule is CC(=O)c1cc(N2C(=O)c3ccc(C)cc3C2=O)ccc1N1CCCCC1. The fourth-order valence-electron chi connectivity index (χ4n) is 3.94. The number of fused-ring (bicyclic) bond motifs is 1. The van der Waals surface area contributed by atoms with Crippen LogP contribution in [0, 0.1) is 6.92 Å². The predicted molar refractivity (Wildman–Crippen MR) is 105 cm³/mol. The molecule has 1 fully saturated rings. The molecule has 2 aromatic rings. The Hall–Kier alpha value is -2.95. The van der Waals surface area contributed by atoms with Gasteiger partial charge in [-0.1, -0.05) is 11.6 Å². The highest BCUT2D eigenvalue weighted by atomic mass is 16.2. The Bertz CT molecular complexity index is 958. The number of ketones is 1. The van der Waals surface area contributed by atoms with Gasteiger partial charge in [-0.3, -0.25) is 14.4 Å². The second kappa shape index (κ2) is 6.65. The topological polar surface area (TPSA) is 57.7 Å². The van der Waals surface area contributed by atoms with Crippen LogP contribution in [0.1, 0.15) is 62.8 Å². The van der Waals surface area contributed by atoms with E-state index in [1.54, 1.807) is 24.3 Å². The molecule has 0 unspecified atom stereocenters. The number of carbonyl (C=O) groups excluding carboxylic acids is 3. The van der Waals surface area contributed by atoms with Crippen molar-refractivity contribution in [3.05, 3.63) is 58.7 Å². The van der Waals surface area contributed by atoms with Crippen LogP contribution in [0.4, 0.5) is 11.4 Å². The number of aryl methyl sites for hydroxylation is 1. The third kappa shape index (κ3) is 2.93. The summed E-state index contributed by atoms with van der Waals surface area (Å²) >= 11 is 0. The molecule has 2 aliphatic rings. The minimum Gasteiger partial charge on any atom is -0.371 e. The van der Waals surface area contributed by atoms with Gasteiger partial charge in [0.2, 0.25) is 0 Å². The van der Waals surface area contributed by atoms with E-state index < -0.39 is 0 Å². The summed E-state index contributed by atoms with van der Waals surface area (Å²) in [6.45, 7) is 5.26. The van der Waals surface area contributed by atoms with E-state index in [4.69, 9.17) is 0 Å². The quantitative estimate of drug-likeness (QED) is 0.612. The molecule has 5 heteroatoms. The van der Waals surface area contributed by atoms with Crippen LogP contribution in [-0.4, -0.2) is 30.7 Å². The van der Waals surface area contributed by atoms with Crippen molar-refractivity contribution < 1.29 is 14.4 Å². The molecule has 2 aliphatic heterocycles. The van der Waals surface area contributed by atoms with Crippen molar-refractivity contribution >= 4 is 29.0 Å². The maximum absolute atomic E-state index is 12.8. The van der Waals surface area contributed by atoms with E-state index >= 15 is 0 Å². The van der Waals surface area contributed by atoms with Crippen molar-refractivity contribution in [1.29, 1.82) is 0 Å². The molecule has 4 rings (SSSR count). The first-order valence-electron chi connectivity index (χ1n) is 9.37. The number of nitrogens with zero attached hydrogens (tertiary/aromatic N) is 2. The molecule has 0 N–H and O–H groups in total.